The van der Waals surface area contributed by atoms with Gasteiger partial charge in [0.1, 0.15) is 5.75 Å². The van der Waals surface area contributed by atoms with Gasteiger partial charge in [-0.15, -0.1) is 0 Å². The Morgan fingerprint density at radius 3 is 2.24 bits per heavy atom. The monoisotopic (exact) mass is 334 g/mol. The molecule has 3 rings (SSSR count). The molecule has 0 aliphatic heterocycles. The lowest BCUT2D eigenvalue weighted by Crippen LogP contribution is -2.12. The lowest BCUT2D eigenvalue weighted by molar-refractivity contribution is 0.102. The van der Waals surface area contributed by atoms with Crippen LogP contribution in [-0.4, -0.2) is 17.1 Å². The summed E-state index contributed by atoms with van der Waals surface area (Å²) in [4.78, 5) is 12.4. The maximum atomic E-state index is 12.4. The van der Waals surface area contributed by atoms with Crippen LogP contribution in [0.25, 0.3) is 5.69 Å². The Labute approximate surface area is 148 Å². The highest BCUT2D eigenvalue weighted by atomic mass is 16.5. The van der Waals surface area contributed by atoms with E-state index in [9.17, 15) is 4.79 Å². The molecule has 0 atom stereocenters. The summed E-state index contributed by atoms with van der Waals surface area (Å²) >= 11 is 0. The van der Waals surface area contributed by atoms with Gasteiger partial charge >= 0.3 is 0 Å². The number of amides is 1. The fourth-order valence-electron chi connectivity index (χ4n) is 2.39. The molecule has 0 spiro atoms. The van der Waals surface area contributed by atoms with Crippen LogP contribution < -0.4 is 10.1 Å². The Hall–Kier alpha value is -3.01. The summed E-state index contributed by atoms with van der Waals surface area (Å²) in [5.41, 5.74) is 2.39. The van der Waals surface area contributed by atoms with Gasteiger partial charge in [-0.05, 0) is 66.6 Å². The first kappa shape index (κ1) is 16.8. The van der Waals surface area contributed by atoms with E-state index in [4.69, 9.17) is 4.74 Å². The third kappa shape index (κ3) is 4.51. The molecule has 1 aromatic heterocycles. The Morgan fingerprint density at radius 1 is 1.00 bits per heavy atom. The lowest BCUT2D eigenvalue weighted by Gasteiger charge is -2.10. The maximum Gasteiger partial charge on any atom is 0.255 e. The third-order valence-corrected chi connectivity index (χ3v) is 3.73. The molecule has 0 bridgehead atoms. The first-order chi connectivity index (χ1) is 12.1. The molecule has 3 aromatic rings. The molecule has 0 fully saturated rings. The van der Waals surface area contributed by atoms with Crippen molar-refractivity contribution in [3.63, 3.8) is 0 Å². The summed E-state index contributed by atoms with van der Waals surface area (Å²) in [5, 5.41) is 2.90. The normalized spacial score (nSPS) is 10.7. The summed E-state index contributed by atoms with van der Waals surface area (Å²) in [6.45, 7) is 4.89. The van der Waals surface area contributed by atoms with Crippen molar-refractivity contribution in [1.29, 1.82) is 0 Å². The SMILES string of the molecule is CC(C)COc1ccc(NC(=O)c2ccc(-n3cccc3)cc2)cc1. The highest BCUT2D eigenvalue weighted by molar-refractivity contribution is 6.04. The smallest absolute Gasteiger partial charge is 0.255 e. The predicted molar refractivity (Wildman–Crippen MR) is 100 cm³/mol. The molecular weight excluding hydrogens is 312 g/mol. The number of benzene rings is 2. The summed E-state index contributed by atoms with van der Waals surface area (Å²) < 4.78 is 7.64. The van der Waals surface area contributed by atoms with Crippen molar-refractivity contribution in [2.75, 3.05) is 11.9 Å². The number of anilines is 1. The number of rotatable bonds is 6. The van der Waals surface area contributed by atoms with Crippen molar-refractivity contribution in [3.05, 3.63) is 78.6 Å². The first-order valence-corrected chi connectivity index (χ1v) is 8.39. The predicted octanol–water partition coefficient (Wildman–Crippen LogP) is 4.76. The molecule has 0 aliphatic rings. The van der Waals surface area contributed by atoms with Gasteiger partial charge < -0.3 is 14.6 Å². The summed E-state index contributed by atoms with van der Waals surface area (Å²) in [6, 6.07) is 18.9. The highest BCUT2D eigenvalue weighted by Gasteiger charge is 2.07. The van der Waals surface area contributed by atoms with E-state index in [-0.39, 0.29) is 5.91 Å². The largest absolute Gasteiger partial charge is 0.493 e. The van der Waals surface area contributed by atoms with Crippen molar-refractivity contribution >= 4 is 11.6 Å². The molecule has 0 radical (unpaired) electrons. The molecule has 0 unspecified atom stereocenters. The summed E-state index contributed by atoms with van der Waals surface area (Å²) in [6.07, 6.45) is 3.94. The molecule has 128 valence electrons. The zero-order valence-corrected chi connectivity index (χ0v) is 14.5. The van der Waals surface area contributed by atoms with E-state index in [1.54, 1.807) is 0 Å². The molecule has 0 aliphatic carbocycles. The highest BCUT2D eigenvalue weighted by Crippen LogP contribution is 2.18. The molecule has 1 amide bonds. The van der Waals surface area contributed by atoms with Crippen LogP contribution in [-0.2, 0) is 0 Å². The molecule has 1 N–H and O–H groups in total. The molecule has 25 heavy (non-hydrogen) atoms. The number of carbonyl (C=O) groups excluding carboxylic acids is 1. The molecule has 0 saturated carbocycles. The van der Waals surface area contributed by atoms with Crippen molar-refractivity contribution in [2.45, 2.75) is 13.8 Å². The van der Waals surface area contributed by atoms with Crippen LogP contribution in [0.4, 0.5) is 5.69 Å². The van der Waals surface area contributed by atoms with Crippen LogP contribution in [0.3, 0.4) is 0 Å². The van der Waals surface area contributed by atoms with Crippen LogP contribution in [0.2, 0.25) is 0 Å². The van der Waals surface area contributed by atoms with Crippen molar-refractivity contribution in [2.24, 2.45) is 5.92 Å². The maximum absolute atomic E-state index is 12.4. The van der Waals surface area contributed by atoms with E-state index in [0.717, 1.165) is 17.1 Å². The van der Waals surface area contributed by atoms with Gasteiger partial charge in [0.05, 0.1) is 6.61 Å². The van der Waals surface area contributed by atoms with Crippen molar-refractivity contribution in [3.8, 4) is 11.4 Å². The van der Waals surface area contributed by atoms with Crippen LogP contribution >= 0.6 is 0 Å². The van der Waals surface area contributed by atoms with Gasteiger partial charge in [-0.3, -0.25) is 4.79 Å². The van der Waals surface area contributed by atoms with Crippen LogP contribution in [0.15, 0.2) is 73.1 Å². The van der Waals surface area contributed by atoms with Crippen LogP contribution in [0.1, 0.15) is 24.2 Å². The minimum atomic E-state index is -0.130. The minimum Gasteiger partial charge on any atom is -0.493 e. The molecule has 4 nitrogen and oxygen atoms in total. The second-order valence-electron chi connectivity index (χ2n) is 6.32. The Morgan fingerprint density at radius 2 is 1.64 bits per heavy atom. The molecule has 2 aromatic carbocycles. The van der Waals surface area contributed by atoms with E-state index in [1.165, 1.54) is 0 Å². The Balaban J connectivity index is 1.62. The third-order valence-electron chi connectivity index (χ3n) is 3.73. The van der Waals surface area contributed by atoms with Gasteiger partial charge in [-0.2, -0.15) is 0 Å². The molecule has 0 saturated heterocycles. The Bertz CT molecular complexity index is 804. The topological polar surface area (TPSA) is 43.3 Å². The fourth-order valence-corrected chi connectivity index (χ4v) is 2.39. The second kappa shape index (κ2) is 7.71. The summed E-state index contributed by atoms with van der Waals surface area (Å²) in [5.74, 6) is 1.16. The zero-order valence-electron chi connectivity index (χ0n) is 14.5. The van der Waals surface area contributed by atoms with Gasteiger partial charge in [-0.25, -0.2) is 0 Å². The lowest BCUT2D eigenvalue weighted by atomic mass is 10.2. The van der Waals surface area contributed by atoms with Gasteiger partial charge in [0.25, 0.3) is 5.91 Å². The van der Waals surface area contributed by atoms with Gasteiger partial charge in [-0.1, -0.05) is 13.8 Å². The van der Waals surface area contributed by atoms with E-state index < -0.39 is 0 Å². The number of carbonyl (C=O) groups is 1. The number of nitrogens with one attached hydrogen (secondary N) is 1. The first-order valence-electron chi connectivity index (χ1n) is 8.39. The van der Waals surface area contributed by atoms with Crippen LogP contribution in [0.5, 0.6) is 5.75 Å². The average Bonchev–Trinajstić information content (AvgIpc) is 3.16. The molecule has 1 heterocycles. The van der Waals surface area contributed by atoms with E-state index in [2.05, 4.69) is 19.2 Å². The molecular formula is C21H22N2O2. The fraction of sp³-hybridized carbons (Fsp3) is 0.190. The quantitative estimate of drug-likeness (QED) is 0.706. The van der Waals surface area contributed by atoms with Gasteiger partial charge in [0.15, 0.2) is 0 Å². The number of aromatic nitrogens is 1. The summed E-state index contributed by atoms with van der Waals surface area (Å²) in [7, 11) is 0. The standard InChI is InChI=1S/C21H22N2O2/c1-16(2)15-25-20-11-7-18(8-12-20)22-21(24)17-5-9-19(10-6-17)23-13-3-4-14-23/h3-14,16H,15H2,1-2H3,(H,22,24). The zero-order chi connectivity index (χ0) is 17.6. The van der Waals surface area contributed by atoms with Crippen molar-refractivity contribution in [1.82, 2.24) is 4.57 Å². The number of hydrogen-bond donors (Lipinski definition) is 1. The number of ether oxygens (including phenoxy) is 1. The Kier molecular flexibility index (Phi) is 5.19. The molecule has 4 heteroatoms. The van der Waals surface area contributed by atoms with Crippen LogP contribution in [0, 0.1) is 5.92 Å². The second-order valence-corrected chi connectivity index (χ2v) is 6.32. The van der Waals surface area contributed by atoms with E-state index in [0.29, 0.717) is 18.1 Å². The number of hydrogen-bond acceptors (Lipinski definition) is 2. The average molecular weight is 334 g/mol. The van der Waals surface area contributed by atoms with Gasteiger partial charge in [0.2, 0.25) is 0 Å². The minimum absolute atomic E-state index is 0.130. The number of nitrogens with zero attached hydrogens (tertiary/aromatic N) is 1. The van der Waals surface area contributed by atoms with Gasteiger partial charge in [0, 0.05) is 29.3 Å². The van der Waals surface area contributed by atoms with E-state index >= 15 is 0 Å². The van der Waals surface area contributed by atoms with Crippen molar-refractivity contribution < 1.29 is 9.53 Å². The van der Waals surface area contributed by atoms with E-state index in [1.807, 2.05) is 77.6 Å².